The number of carbonyl (C=O) groups is 1. The quantitative estimate of drug-likeness (QED) is 0.882. The minimum atomic E-state index is -3.55. The third-order valence-corrected chi connectivity index (χ3v) is 6.38. The average molecular weight is 379 g/mol. The minimum absolute atomic E-state index is 0.143. The maximum Gasteiger partial charge on any atom is 0.255 e. The molecule has 25 heavy (non-hydrogen) atoms. The molecule has 1 amide bonds. The van der Waals surface area contributed by atoms with Crippen LogP contribution in [0.15, 0.2) is 47.4 Å². The maximum atomic E-state index is 12.6. The summed E-state index contributed by atoms with van der Waals surface area (Å²) in [7, 11) is -3.55. The number of carbonyl (C=O) groups excluding carboxylic acids is 1. The van der Waals surface area contributed by atoms with Gasteiger partial charge in [0.1, 0.15) is 0 Å². The lowest BCUT2D eigenvalue weighted by Gasteiger charge is -2.16. The lowest BCUT2D eigenvalue weighted by atomic mass is 10.1. The lowest BCUT2D eigenvalue weighted by Crippen LogP contribution is -2.28. The Morgan fingerprint density at radius 2 is 1.84 bits per heavy atom. The molecule has 0 saturated carbocycles. The Kier molecular flexibility index (Phi) is 5.13. The molecule has 7 heteroatoms. The standard InChI is InChI=1S/C18H19ClN2O3S/c1-13-7-8-15(19)12-17(13)20-18(22)14-5-4-6-16(11-14)25(23,24)21-9-2-3-10-21/h4-8,11-12H,2-3,9-10H2,1H3,(H,20,22). The molecule has 0 aromatic heterocycles. The van der Waals surface area contributed by atoms with Crippen LogP contribution in [0.25, 0.3) is 0 Å². The van der Waals surface area contributed by atoms with Crippen molar-refractivity contribution in [1.82, 2.24) is 4.31 Å². The van der Waals surface area contributed by atoms with E-state index in [4.69, 9.17) is 11.6 Å². The molecule has 1 heterocycles. The number of halogens is 1. The number of anilines is 1. The molecule has 0 bridgehead atoms. The summed E-state index contributed by atoms with van der Waals surface area (Å²) < 4.78 is 26.7. The second-order valence-electron chi connectivity index (χ2n) is 6.05. The number of amides is 1. The summed E-state index contributed by atoms with van der Waals surface area (Å²) in [6, 6.07) is 11.3. The smallest absolute Gasteiger partial charge is 0.255 e. The Bertz CT molecular complexity index is 906. The largest absolute Gasteiger partial charge is 0.322 e. The van der Waals surface area contributed by atoms with Gasteiger partial charge in [0.2, 0.25) is 10.0 Å². The first kappa shape index (κ1) is 17.9. The molecule has 1 saturated heterocycles. The Hall–Kier alpha value is -1.89. The van der Waals surface area contributed by atoms with Crippen molar-refractivity contribution in [3.63, 3.8) is 0 Å². The van der Waals surface area contributed by atoms with E-state index in [0.717, 1.165) is 18.4 Å². The number of hydrogen-bond donors (Lipinski definition) is 1. The van der Waals surface area contributed by atoms with Gasteiger partial charge in [-0.1, -0.05) is 23.7 Å². The molecule has 0 spiro atoms. The summed E-state index contributed by atoms with van der Waals surface area (Å²) in [5.74, 6) is -0.371. The highest BCUT2D eigenvalue weighted by Gasteiger charge is 2.27. The molecule has 1 aliphatic heterocycles. The summed E-state index contributed by atoms with van der Waals surface area (Å²) in [6.07, 6.45) is 1.74. The van der Waals surface area contributed by atoms with E-state index in [0.29, 0.717) is 29.4 Å². The fourth-order valence-corrected chi connectivity index (χ4v) is 4.53. The van der Waals surface area contributed by atoms with E-state index in [2.05, 4.69) is 5.32 Å². The van der Waals surface area contributed by atoms with Crippen molar-refractivity contribution in [3.8, 4) is 0 Å². The van der Waals surface area contributed by atoms with Crippen LogP contribution in [0.3, 0.4) is 0 Å². The van der Waals surface area contributed by atoms with Gasteiger partial charge in [0.25, 0.3) is 5.91 Å². The van der Waals surface area contributed by atoms with Crippen LogP contribution in [0.1, 0.15) is 28.8 Å². The molecule has 1 aliphatic rings. The van der Waals surface area contributed by atoms with Gasteiger partial charge in [0.15, 0.2) is 0 Å². The monoisotopic (exact) mass is 378 g/mol. The van der Waals surface area contributed by atoms with Gasteiger partial charge in [0.05, 0.1) is 4.90 Å². The van der Waals surface area contributed by atoms with Crippen LogP contribution >= 0.6 is 11.6 Å². The lowest BCUT2D eigenvalue weighted by molar-refractivity contribution is 0.102. The molecule has 0 atom stereocenters. The van der Waals surface area contributed by atoms with Crippen LogP contribution in [-0.4, -0.2) is 31.7 Å². The molecule has 5 nitrogen and oxygen atoms in total. The summed E-state index contributed by atoms with van der Waals surface area (Å²) in [5, 5.41) is 3.30. The van der Waals surface area contributed by atoms with Crippen molar-refractivity contribution in [2.75, 3.05) is 18.4 Å². The SMILES string of the molecule is Cc1ccc(Cl)cc1NC(=O)c1cccc(S(=O)(=O)N2CCCC2)c1. The Morgan fingerprint density at radius 1 is 1.12 bits per heavy atom. The molecule has 0 unspecified atom stereocenters. The summed E-state index contributed by atoms with van der Waals surface area (Å²) in [6.45, 7) is 2.92. The second-order valence-corrected chi connectivity index (χ2v) is 8.43. The van der Waals surface area contributed by atoms with Crippen molar-refractivity contribution in [2.45, 2.75) is 24.7 Å². The fraction of sp³-hybridized carbons (Fsp3) is 0.278. The van der Waals surface area contributed by atoms with Crippen LogP contribution < -0.4 is 5.32 Å². The predicted molar refractivity (Wildman–Crippen MR) is 98.6 cm³/mol. The molecule has 1 N–H and O–H groups in total. The first-order valence-corrected chi connectivity index (χ1v) is 9.87. The van der Waals surface area contributed by atoms with Crippen molar-refractivity contribution in [2.24, 2.45) is 0 Å². The van der Waals surface area contributed by atoms with Gasteiger partial charge in [-0.2, -0.15) is 4.31 Å². The van der Waals surface area contributed by atoms with Gasteiger partial charge in [-0.15, -0.1) is 0 Å². The first-order valence-electron chi connectivity index (χ1n) is 8.05. The predicted octanol–water partition coefficient (Wildman–Crippen LogP) is 3.69. The van der Waals surface area contributed by atoms with Crippen LogP contribution in [0.4, 0.5) is 5.69 Å². The van der Waals surface area contributed by atoms with E-state index in [1.165, 1.54) is 16.4 Å². The van der Waals surface area contributed by atoms with Crippen LogP contribution in [0, 0.1) is 6.92 Å². The van der Waals surface area contributed by atoms with E-state index in [1.807, 2.05) is 13.0 Å². The highest BCUT2D eigenvalue weighted by atomic mass is 35.5. The average Bonchev–Trinajstić information content (AvgIpc) is 3.13. The number of benzene rings is 2. The highest BCUT2D eigenvalue weighted by molar-refractivity contribution is 7.89. The number of nitrogens with zero attached hydrogens (tertiary/aromatic N) is 1. The van der Waals surface area contributed by atoms with E-state index in [1.54, 1.807) is 24.3 Å². The Balaban J connectivity index is 1.86. The molecule has 0 radical (unpaired) electrons. The molecule has 2 aromatic rings. The maximum absolute atomic E-state index is 12.6. The van der Waals surface area contributed by atoms with Crippen molar-refractivity contribution < 1.29 is 13.2 Å². The topological polar surface area (TPSA) is 66.5 Å². The molecule has 2 aromatic carbocycles. The van der Waals surface area contributed by atoms with Gasteiger partial charge in [-0.25, -0.2) is 8.42 Å². The summed E-state index contributed by atoms with van der Waals surface area (Å²) in [4.78, 5) is 12.7. The van der Waals surface area contributed by atoms with Gasteiger partial charge in [-0.05, 0) is 55.7 Å². The van der Waals surface area contributed by atoms with Crippen molar-refractivity contribution in [3.05, 3.63) is 58.6 Å². The Morgan fingerprint density at radius 3 is 2.56 bits per heavy atom. The van der Waals surface area contributed by atoms with E-state index < -0.39 is 10.0 Å². The molecular formula is C18H19ClN2O3S. The number of sulfonamides is 1. The molecule has 132 valence electrons. The van der Waals surface area contributed by atoms with E-state index >= 15 is 0 Å². The Labute approximate surface area is 152 Å². The first-order chi connectivity index (χ1) is 11.9. The number of hydrogen-bond acceptors (Lipinski definition) is 3. The molecular weight excluding hydrogens is 360 g/mol. The normalized spacial score (nSPS) is 15.3. The van der Waals surface area contributed by atoms with E-state index in [-0.39, 0.29) is 10.8 Å². The zero-order chi connectivity index (χ0) is 18.0. The van der Waals surface area contributed by atoms with Crippen molar-refractivity contribution >= 4 is 33.2 Å². The second kappa shape index (κ2) is 7.15. The molecule has 3 rings (SSSR count). The van der Waals surface area contributed by atoms with Gasteiger partial charge >= 0.3 is 0 Å². The molecule has 0 aliphatic carbocycles. The zero-order valence-corrected chi connectivity index (χ0v) is 15.4. The highest BCUT2D eigenvalue weighted by Crippen LogP contribution is 2.23. The third kappa shape index (κ3) is 3.86. The minimum Gasteiger partial charge on any atom is -0.322 e. The summed E-state index contributed by atoms with van der Waals surface area (Å²) in [5.41, 5.74) is 1.77. The number of rotatable bonds is 4. The van der Waals surface area contributed by atoms with Gasteiger partial charge in [0, 0.05) is 29.4 Å². The van der Waals surface area contributed by atoms with Crippen LogP contribution in [0.2, 0.25) is 5.02 Å². The van der Waals surface area contributed by atoms with Gasteiger partial charge in [-0.3, -0.25) is 4.79 Å². The zero-order valence-electron chi connectivity index (χ0n) is 13.8. The van der Waals surface area contributed by atoms with Crippen molar-refractivity contribution in [1.29, 1.82) is 0 Å². The number of nitrogens with one attached hydrogen (secondary N) is 1. The summed E-state index contributed by atoms with van der Waals surface area (Å²) >= 11 is 5.97. The van der Waals surface area contributed by atoms with E-state index in [9.17, 15) is 13.2 Å². The van der Waals surface area contributed by atoms with Crippen LogP contribution in [-0.2, 0) is 10.0 Å². The van der Waals surface area contributed by atoms with Gasteiger partial charge < -0.3 is 5.32 Å². The van der Waals surface area contributed by atoms with Crippen LogP contribution in [0.5, 0.6) is 0 Å². The third-order valence-electron chi connectivity index (χ3n) is 4.25. The fourth-order valence-electron chi connectivity index (χ4n) is 2.80. The number of aryl methyl sites for hydroxylation is 1. The molecule has 1 fully saturated rings.